The first-order valence-electron chi connectivity index (χ1n) is 8.74. The van der Waals surface area contributed by atoms with Crippen LogP contribution in [0.1, 0.15) is 27.0 Å². The Morgan fingerprint density at radius 3 is 2.68 bits per heavy atom. The van der Waals surface area contributed by atoms with Crippen LogP contribution in [0.25, 0.3) is 5.69 Å². The van der Waals surface area contributed by atoms with Gasteiger partial charge in [-0.2, -0.15) is 0 Å². The van der Waals surface area contributed by atoms with Gasteiger partial charge in [0.1, 0.15) is 6.33 Å². The molecule has 0 radical (unpaired) electrons. The van der Waals surface area contributed by atoms with Crippen LogP contribution in [0, 0.1) is 13.8 Å². The van der Waals surface area contributed by atoms with Crippen molar-refractivity contribution in [1.29, 1.82) is 0 Å². The molecule has 144 valence electrons. The van der Waals surface area contributed by atoms with Gasteiger partial charge in [0.25, 0.3) is 5.91 Å². The molecule has 0 aliphatic carbocycles. The number of ether oxygens (including phenoxy) is 1. The Hall–Kier alpha value is -3.55. The minimum atomic E-state index is -0.580. The summed E-state index contributed by atoms with van der Waals surface area (Å²) in [7, 11) is 1.69. The summed E-state index contributed by atoms with van der Waals surface area (Å²) >= 11 is 0. The van der Waals surface area contributed by atoms with E-state index in [0.717, 1.165) is 11.1 Å². The van der Waals surface area contributed by atoms with Gasteiger partial charge >= 0.3 is 5.97 Å². The number of benzene rings is 2. The highest BCUT2D eigenvalue weighted by atomic mass is 16.5. The molecule has 0 saturated carbocycles. The Morgan fingerprint density at radius 1 is 1.14 bits per heavy atom. The maximum Gasteiger partial charge on any atom is 0.338 e. The zero-order valence-corrected chi connectivity index (χ0v) is 16.0. The Bertz CT molecular complexity index is 985. The van der Waals surface area contributed by atoms with E-state index in [1.54, 1.807) is 36.2 Å². The van der Waals surface area contributed by atoms with E-state index in [1.165, 1.54) is 16.6 Å². The third kappa shape index (κ3) is 4.59. The predicted octanol–water partition coefficient (Wildman–Crippen LogP) is 2.09. The largest absolute Gasteiger partial charge is 0.452 e. The van der Waals surface area contributed by atoms with Crippen LogP contribution in [0.2, 0.25) is 0 Å². The summed E-state index contributed by atoms with van der Waals surface area (Å²) < 4.78 is 6.61. The zero-order valence-electron chi connectivity index (χ0n) is 16.0. The first kappa shape index (κ1) is 19.2. The number of carbonyl (C=O) groups is 2. The van der Waals surface area contributed by atoms with E-state index in [1.807, 2.05) is 26.0 Å². The minimum absolute atomic E-state index is 0.273. The van der Waals surface area contributed by atoms with E-state index in [9.17, 15) is 9.59 Å². The fraction of sp³-hybridized carbons (Fsp3) is 0.250. The van der Waals surface area contributed by atoms with Gasteiger partial charge in [0.15, 0.2) is 6.61 Å². The van der Waals surface area contributed by atoms with Crippen molar-refractivity contribution in [3.05, 3.63) is 71.0 Å². The van der Waals surface area contributed by atoms with Crippen molar-refractivity contribution in [3.8, 4) is 5.69 Å². The highest BCUT2D eigenvalue weighted by Crippen LogP contribution is 2.13. The molecule has 0 aliphatic rings. The Labute approximate surface area is 162 Å². The molecule has 2 aromatic carbocycles. The fourth-order valence-electron chi connectivity index (χ4n) is 2.74. The molecule has 0 saturated heterocycles. The number of rotatable bonds is 6. The highest BCUT2D eigenvalue weighted by Gasteiger charge is 2.15. The third-order valence-corrected chi connectivity index (χ3v) is 4.35. The predicted molar refractivity (Wildman–Crippen MR) is 102 cm³/mol. The van der Waals surface area contributed by atoms with Crippen LogP contribution in [0.15, 0.2) is 48.8 Å². The number of esters is 1. The Morgan fingerprint density at radius 2 is 1.96 bits per heavy atom. The van der Waals surface area contributed by atoms with E-state index in [0.29, 0.717) is 17.8 Å². The summed E-state index contributed by atoms with van der Waals surface area (Å²) in [6.45, 7) is 4.17. The van der Waals surface area contributed by atoms with Crippen LogP contribution >= 0.6 is 0 Å². The Kier molecular flexibility index (Phi) is 5.78. The molecule has 8 nitrogen and oxygen atoms in total. The molecular weight excluding hydrogens is 358 g/mol. The molecule has 0 bridgehead atoms. The van der Waals surface area contributed by atoms with Gasteiger partial charge in [0, 0.05) is 13.6 Å². The first-order valence-corrected chi connectivity index (χ1v) is 8.74. The van der Waals surface area contributed by atoms with Crippen molar-refractivity contribution < 1.29 is 14.3 Å². The van der Waals surface area contributed by atoms with Gasteiger partial charge in [-0.05, 0) is 53.6 Å². The molecule has 1 amide bonds. The van der Waals surface area contributed by atoms with Gasteiger partial charge < -0.3 is 9.64 Å². The lowest BCUT2D eigenvalue weighted by atomic mass is 10.1. The van der Waals surface area contributed by atoms with Gasteiger partial charge in [-0.3, -0.25) is 4.79 Å². The monoisotopic (exact) mass is 379 g/mol. The van der Waals surface area contributed by atoms with Crippen LogP contribution in [-0.4, -0.2) is 50.6 Å². The minimum Gasteiger partial charge on any atom is -0.452 e. The van der Waals surface area contributed by atoms with Crippen molar-refractivity contribution >= 4 is 11.9 Å². The van der Waals surface area contributed by atoms with E-state index in [4.69, 9.17) is 4.74 Å². The van der Waals surface area contributed by atoms with Crippen LogP contribution in [0.3, 0.4) is 0 Å². The number of tetrazole rings is 1. The van der Waals surface area contributed by atoms with Crippen LogP contribution in [0.4, 0.5) is 0 Å². The van der Waals surface area contributed by atoms with E-state index >= 15 is 0 Å². The van der Waals surface area contributed by atoms with Gasteiger partial charge in [0.2, 0.25) is 0 Å². The van der Waals surface area contributed by atoms with Crippen molar-refractivity contribution in [1.82, 2.24) is 25.1 Å². The number of aryl methyl sites for hydroxylation is 2. The number of nitrogens with zero attached hydrogens (tertiary/aromatic N) is 5. The lowest BCUT2D eigenvalue weighted by Gasteiger charge is -2.18. The maximum atomic E-state index is 12.3. The number of amides is 1. The standard InChI is InChI=1S/C20H21N5O3/c1-14-7-8-17(15(2)9-14)11-24(3)19(26)12-28-20(27)16-5-4-6-18(10-16)25-13-21-22-23-25/h4-10,13H,11-12H2,1-3H3. The van der Waals surface area contributed by atoms with E-state index in [2.05, 4.69) is 21.6 Å². The number of aromatic nitrogens is 4. The summed E-state index contributed by atoms with van der Waals surface area (Å²) in [6.07, 6.45) is 1.43. The van der Waals surface area contributed by atoms with Gasteiger partial charge in [-0.15, -0.1) is 5.10 Å². The number of likely N-dealkylation sites (N-methyl/N-ethyl adjacent to an activating group) is 1. The van der Waals surface area contributed by atoms with Gasteiger partial charge in [0.05, 0.1) is 11.3 Å². The average Bonchev–Trinajstić information content (AvgIpc) is 3.23. The van der Waals surface area contributed by atoms with Crippen molar-refractivity contribution in [2.45, 2.75) is 20.4 Å². The number of carbonyl (C=O) groups excluding carboxylic acids is 2. The lowest BCUT2D eigenvalue weighted by Crippen LogP contribution is -2.31. The Balaban J connectivity index is 1.58. The van der Waals surface area contributed by atoms with Crippen molar-refractivity contribution in [2.24, 2.45) is 0 Å². The molecule has 3 aromatic rings. The van der Waals surface area contributed by atoms with Crippen LogP contribution in [0.5, 0.6) is 0 Å². The average molecular weight is 379 g/mol. The lowest BCUT2D eigenvalue weighted by molar-refractivity contribution is -0.133. The SMILES string of the molecule is Cc1ccc(CN(C)C(=O)COC(=O)c2cccc(-n3cnnn3)c2)c(C)c1. The maximum absolute atomic E-state index is 12.3. The van der Waals surface area contributed by atoms with Crippen molar-refractivity contribution in [3.63, 3.8) is 0 Å². The summed E-state index contributed by atoms with van der Waals surface area (Å²) in [5.74, 6) is -0.854. The van der Waals surface area contributed by atoms with Crippen molar-refractivity contribution in [2.75, 3.05) is 13.7 Å². The topological polar surface area (TPSA) is 90.2 Å². The molecule has 28 heavy (non-hydrogen) atoms. The molecule has 1 heterocycles. The smallest absolute Gasteiger partial charge is 0.338 e. The fourth-order valence-corrected chi connectivity index (χ4v) is 2.74. The van der Waals surface area contributed by atoms with Crippen LogP contribution in [-0.2, 0) is 16.1 Å². The molecule has 0 fully saturated rings. The summed E-state index contributed by atoms with van der Waals surface area (Å²) in [4.78, 5) is 26.2. The van der Waals surface area contributed by atoms with E-state index < -0.39 is 5.97 Å². The second-order valence-electron chi connectivity index (χ2n) is 6.56. The first-order chi connectivity index (χ1) is 13.4. The summed E-state index contributed by atoms with van der Waals surface area (Å²) in [5.41, 5.74) is 4.29. The van der Waals surface area contributed by atoms with Gasteiger partial charge in [-0.1, -0.05) is 29.8 Å². The van der Waals surface area contributed by atoms with E-state index in [-0.39, 0.29) is 12.5 Å². The molecule has 0 unspecified atom stereocenters. The number of hydrogen-bond donors (Lipinski definition) is 0. The van der Waals surface area contributed by atoms with Gasteiger partial charge in [-0.25, -0.2) is 9.48 Å². The molecule has 1 aromatic heterocycles. The normalized spacial score (nSPS) is 10.5. The van der Waals surface area contributed by atoms with Crippen LogP contribution < -0.4 is 0 Å². The quantitative estimate of drug-likeness (QED) is 0.609. The molecule has 0 aliphatic heterocycles. The molecule has 3 rings (SSSR count). The molecular formula is C20H21N5O3. The molecule has 0 spiro atoms. The highest BCUT2D eigenvalue weighted by molar-refractivity contribution is 5.91. The summed E-state index contributed by atoms with van der Waals surface area (Å²) in [5, 5.41) is 10.9. The summed E-state index contributed by atoms with van der Waals surface area (Å²) in [6, 6.07) is 12.8. The second kappa shape index (κ2) is 8.43. The zero-order chi connectivity index (χ0) is 20.1. The molecule has 8 heteroatoms. The second-order valence-corrected chi connectivity index (χ2v) is 6.56. The third-order valence-electron chi connectivity index (χ3n) is 4.35. The number of hydrogen-bond acceptors (Lipinski definition) is 6. The molecule has 0 atom stereocenters. The molecule has 0 N–H and O–H groups in total.